The van der Waals surface area contributed by atoms with Crippen LogP contribution in [-0.4, -0.2) is 10.2 Å². The van der Waals surface area contributed by atoms with Gasteiger partial charge in [0.05, 0.1) is 12.2 Å². The molecule has 1 rings (SSSR count). The van der Waals surface area contributed by atoms with Gasteiger partial charge in [-0.25, -0.2) is 4.39 Å². The van der Waals surface area contributed by atoms with Gasteiger partial charge in [0.15, 0.2) is 0 Å². The Balaban J connectivity index is 3.24. The van der Waals surface area contributed by atoms with Crippen molar-refractivity contribution in [1.82, 2.24) is 0 Å². The third-order valence-corrected chi connectivity index (χ3v) is 1.91. The van der Waals surface area contributed by atoms with Gasteiger partial charge in [-0.15, -0.1) is 0 Å². The van der Waals surface area contributed by atoms with Crippen molar-refractivity contribution in [3.63, 3.8) is 0 Å². The molecule has 0 saturated carbocycles. The lowest BCUT2D eigenvalue weighted by Crippen LogP contribution is -2.18. The highest BCUT2D eigenvalue weighted by atomic mass is 19.1. The number of hydrogen-bond donors (Lipinski definition) is 2. The molecule has 0 heterocycles. The zero-order valence-electron chi connectivity index (χ0n) is 7.71. The summed E-state index contributed by atoms with van der Waals surface area (Å²) in [5.41, 5.74) is -0.798. The maximum atomic E-state index is 13.4. The van der Waals surface area contributed by atoms with Crippen LogP contribution in [-0.2, 0) is 12.2 Å². The monoisotopic (exact) mass is 184 g/mol. The Morgan fingerprint density at radius 2 is 2.00 bits per heavy atom. The summed E-state index contributed by atoms with van der Waals surface area (Å²) in [5.74, 6) is -0.530. The molecule has 1 aromatic carbocycles. The number of rotatable bonds is 2. The minimum Gasteiger partial charge on any atom is -0.392 e. The number of hydrogen-bond acceptors (Lipinski definition) is 2. The lowest BCUT2D eigenvalue weighted by atomic mass is 9.96. The lowest BCUT2D eigenvalue weighted by molar-refractivity contribution is 0.0741. The average molecular weight is 184 g/mol. The fraction of sp³-hybridized carbons (Fsp3) is 0.400. The smallest absolute Gasteiger partial charge is 0.134 e. The Labute approximate surface area is 76.6 Å². The molecule has 0 aliphatic rings. The first-order chi connectivity index (χ1) is 5.96. The van der Waals surface area contributed by atoms with E-state index in [4.69, 9.17) is 5.11 Å². The van der Waals surface area contributed by atoms with E-state index in [-0.39, 0.29) is 17.7 Å². The second-order valence-electron chi connectivity index (χ2n) is 3.50. The average Bonchev–Trinajstić information content (AvgIpc) is 2.02. The summed E-state index contributed by atoms with van der Waals surface area (Å²) in [5, 5.41) is 18.4. The van der Waals surface area contributed by atoms with E-state index in [1.54, 1.807) is 6.07 Å². The van der Waals surface area contributed by atoms with Crippen molar-refractivity contribution in [2.24, 2.45) is 0 Å². The van der Waals surface area contributed by atoms with E-state index in [2.05, 4.69) is 0 Å². The zero-order chi connectivity index (χ0) is 10.1. The molecule has 0 saturated heterocycles. The molecule has 13 heavy (non-hydrogen) atoms. The normalized spacial score (nSPS) is 11.8. The molecule has 1 aromatic rings. The van der Waals surface area contributed by atoms with Gasteiger partial charge in [-0.05, 0) is 13.8 Å². The molecular weight excluding hydrogens is 171 g/mol. The van der Waals surface area contributed by atoms with Crippen LogP contribution in [0, 0.1) is 5.82 Å². The van der Waals surface area contributed by atoms with Crippen LogP contribution in [0.4, 0.5) is 4.39 Å². The van der Waals surface area contributed by atoms with Gasteiger partial charge in [0.1, 0.15) is 5.82 Å². The van der Waals surface area contributed by atoms with Crippen molar-refractivity contribution in [1.29, 1.82) is 0 Å². The van der Waals surface area contributed by atoms with Gasteiger partial charge in [0.25, 0.3) is 0 Å². The molecule has 0 aliphatic heterocycles. The standard InChI is InChI=1S/C10H13FO2/c1-10(2,13)8-5-3-4-7(6-12)9(8)11/h3-5,12-13H,6H2,1-2H3. The fourth-order valence-corrected chi connectivity index (χ4v) is 1.17. The van der Waals surface area contributed by atoms with E-state index in [1.807, 2.05) is 0 Å². The van der Waals surface area contributed by atoms with Crippen LogP contribution in [0.3, 0.4) is 0 Å². The van der Waals surface area contributed by atoms with Gasteiger partial charge < -0.3 is 10.2 Å². The van der Waals surface area contributed by atoms with Gasteiger partial charge in [-0.2, -0.15) is 0 Å². The highest BCUT2D eigenvalue weighted by Gasteiger charge is 2.21. The third-order valence-electron chi connectivity index (χ3n) is 1.91. The summed E-state index contributed by atoms with van der Waals surface area (Å²) < 4.78 is 13.4. The Kier molecular flexibility index (Phi) is 2.68. The maximum absolute atomic E-state index is 13.4. The quantitative estimate of drug-likeness (QED) is 0.732. The molecule has 2 nitrogen and oxygen atoms in total. The van der Waals surface area contributed by atoms with Crippen molar-refractivity contribution < 1.29 is 14.6 Å². The van der Waals surface area contributed by atoms with Crippen molar-refractivity contribution in [2.75, 3.05) is 0 Å². The molecule has 0 aliphatic carbocycles. The van der Waals surface area contributed by atoms with Crippen LogP contribution in [0.25, 0.3) is 0 Å². The Morgan fingerprint density at radius 1 is 1.38 bits per heavy atom. The number of aliphatic hydroxyl groups is 2. The minimum atomic E-state index is -1.21. The third kappa shape index (κ3) is 2.05. The summed E-state index contributed by atoms with van der Waals surface area (Å²) in [6.45, 7) is 2.66. The second kappa shape index (κ2) is 3.44. The first kappa shape index (κ1) is 10.2. The van der Waals surface area contributed by atoms with Crippen LogP contribution in [0.5, 0.6) is 0 Å². The zero-order valence-corrected chi connectivity index (χ0v) is 7.71. The largest absolute Gasteiger partial charge is 0.392 e. The Hall–Kier alpha value is -0.930. The highest BCUT2D eigenvalue weighted by Crippen LogP contribution is 2.24. The Morgan fingerprint density at radius 3 is 2.46 bits per heavy atom. The van der Waals surface area contributed by atoms with Crippen molar-refractivity contribution >= 4 is 0 Å². The maximum Gasteiger partial charge on any atom is 0.134 e. The van der Waals surface area contributed by atoms with E-state index < -0.39 is 11.4 Å². The second-order valence-corrected chi connectivity index (χ2v) is 3.50. The fourth-order valence-electron chi connectivity index (χ4n) is 1.17. The predicted octanol–water partition coefficient (Wildman–Crippen LogP) is 1.55. The predicted molar refractivity (Wildman–Crippen MR) is 47.6 cm³/mol. The SMILES string of the molecule is CC(C)(O)c1cccc(CO)c1F. The molecule has 0 aromatic heterocycles. The van der Waals surface area contributed by atoms with Crippen molar-refractivity contribution in [3.8, 4) is 0 Å². The molecular formula is C10H13FO2. The molecule has 0 spiro atoms. The van der Waals surface area contributed by atoms with Crippen LogP contribution >= 0.6 is 0 Å². The first-order valence-corrected chi connectivity index (χ1v) is 4.08. The van der Waals surface area contributed by atoms with Gasteiger partial charge in [0, 0.05) is 11.1 Å². The minimum absolute atomic E-state index is 0.207. The summed E-state index contributed by atoms with van der Waals surface area (Å²) in [6.07, 6.45) is 0. The Bertz CT molecular complexity index is 302. The van der Waals surface area contributed by atoms with Gasteiger partial charge in [-0.1, -0.05) is 18.2 Å². The summed E-state index contributed by atoms with van der Waals surface area (Å²) in [6, 6.07) is 4.61. The first-order valence-electron chi connectivity index (χ1n) is 4.08. The number of benzene rings is 1. The van der Waals surface area contributed by atoms with Gasteiger partial charge in [0.2, 0.25) is 0 Å². The topological polar surface area (TPSA) is 40.5 Å². The molecule has 3 heteroatoms. The van der Waals surface area contributed by atoms with Crippen LogP contribution in [0.1, 0.15) is 25.0 Å². The molecule has 0 fully saturated rings. The summed E-state index contributed by atoms with van der Waals surface area (Å²) >= 11 is 0. The summed E-state index contributed by atoms with van der Waals surface area (Å²) in [4.78, 5) is 0. The molecule has 0 bridgehead atoms. The van der Waals surface area contributed by atoms with Gasteiger partial charge >= 0.3 is 0 Å². The van der Waals surface area contributed by atoms with Crippen molar-refractivity contribution in [3.05, 3.63) is 35.1 Å². The summed E-state index contributed by atoms with van der Waals surface area (Å²) in [7, 11) is 0. The highest BCUT2D eigenvalue weighted by molar-refractivity contribution is 5.29. The number of aliphatic hydroxyl groups excluding tert-OH is 1. The molecule has 0 amide bonds. The van der Waals surface area contributed by atoms with Crippen LogP contribution in [0.2, 0.25) is 0 Å². The van der Waals surface area contributed by atoms with E-state index in [0.717, 1.165) is 0 Å². The van der Waals surface area contributed by atoms with E-state index in [0.29, 0.717) is 0 Å². The van der Waals surface area contributed by atoms with E-state index in [1.165, 1.54) is 26.0 Å². The molecule has 72 valence electrons. The molecule has 0 radical (unpaired) electrons. The van der Waals surface area contributed by atoms with Crippen LogP contribution in [0.15, 0.2) is 18.2 Å². The molecule has 0 unspecified atom stereocenters. The molecule has 0 atom stereocenters. The lowest BCUT2D eigenvalue weighted by Gasteiger charge is -2.19. The number of halogens is 1. The van der Waals surface area contributed by atoms with E-state index >= 15 is 0 Å². The van der Waals surface area contributed by atoms with E-state index in [9.17, 15) is 9.50 Å². The van der Waals surface area contributed by atoms with Crippen molar-refractivity contribution in [2.45, 2.75) is 26.1 Å². The van der Waals surface area contributed by atoms with Gasteiger partial charge in [-0.3, -0.25) is 0 Å². The molecule has 2 N–H and O–H groups in total. The van der Waals surface area contributed by atoms with Crippen LogP contribution < -0.4 is 0 Å².